The highest BCUT2D eigenvalue weighted by Crippen LogP contribution is 2.17. The van der Waals surface area contributed by atoms with E-state index in [0.29, 0.717) is 17.8 Å². The van der Waals surface area contributed by atoms with Crippen molar-refractivity contribution in [2.24, 2.45) is 0 Å². The molecule has 104 valence electrons. The van der Waals surface area contributed by atoms with Crippen molar-refractivity contribution in [1.82, 2.24) is 5.32 Å². The topological polar surface area (TPSA) is 33.3 Å². The van der Waals surface area contributed by atoms with Gasteiger partial charge in [-0.05, 0) is 37.2 Å². The molecular formula is C15H22N2OS. The molecule has 0 amide bonds. The summed E-state index contributed by atoms with van der Waals surface area (Å²) in [6.45, 7) is 8.42. The van der Waals surface area contributed by atoms with Gasteiger partial charge in [0.25, 0.3) is 0 Å². The lowest BCUT2D eigenvalue weighted by molar-refractivity contribution is 0.363. The molecule has 19 heavy (non-hydrogen) atoms. The summed E-state index contributed by atoms with van der Waals surface area (Å²) in [6.07, 6.45) is 3.83. The van der Waals surface area contributed by atoms with Crippen LogP contribution in [0.3, 0.4) is 0 Å². The van der Waals surface area contributed by atoms with Gasteiger partial charge >= 0.3 is 0 Å². The van der Waals surface area contributed by atoms with Crippen molar-refractivity contribution < 1.29 is 4.74 Å². The van der Waals surface area contributed by atoms with Gasteiger partial charge in [0.15, 0.2) is 5.11 Å². The van der Waals surface area contributed by atoms with Crippen LogP contribution in [0, 0.1) is 0 Å². The third-order valence-corrected chi connectivity index (χ3v) is 3.00. The van der Waals surface area contributed by atoms with E-state index in [1.807, 2.05) is 24.3 Å². The van der Waals surface area contributed by atoms with Crippen molar-refractivity contribution in [3.63, 3.8) is 0 Å². The molecule has 0 aliphatic heterocycles. The molecular weight excluding hydrogens is 256 g/mol. The number of benzene rings is 1. The van der Waals surface area contributed by atoms with Gasteiger partial charge in [-0.1, -0.05) is 32.6 Å². The highest BCUT2D eigenvalue weighted by molar-refractivity contribution is 7.80. The Morgan fingerprint density at radius 2 is 2.16 bits per heavy atom. The van der Waals surface area contributed by atoms with Crippen LogP contribution in [0.4, 0.5) is 5.69 Å². The number of nitrogens with one attached hydrogen (secondary N) is 2. The zero-order valence-electron chi connectivity index (χ0n) is 11.6. The first-order valence-electron chi connectivity index (χ1n) is 6.60. The number of ether oxygens (including phenoxy) is 1. The molecule has 1 aromatic rings. The molecule has 4 heteroatoms. The van der Waals surface area contributed by atoms with E-state index in [1.165, 1.54) is 0 Å². The molecule has 1 aromatic carbocycles. The lowest BCUT2D eigenvalue weighted by Gasteiger charge is -2.18. The van der Waals surface area contributed by atoms with Crippen molar-refractivity contribution in [1.29, 1.82) is 0 Å². The quantitative estimate of drug-likeness (QED) is 0.588. The van der Waals surface area contributed by atoms with Crippen molar-refractivity contribution in [2.45, 2.75) is 32.7 Å². The standard InChI is InChI=1S/C15H22N2OS/c1-4-10-18-14-9-7-8-13(11-14)17-15(19)16-12(5-2)6-3/h4,7-9,11-12H,1,5-6,10H2,2-3H3,(H2,16,17,19). The van der Waals surface area contributed by atoms with Crippen LogP contribution in [-0.4, -0.2) is 17.8 Å². The third kappa shape index (κ3) is 5.75. The Morgan fingerprint density at radius 1 is 1.42 bits per heavy atom. The lowest BCUT2D eigenvalue weighted by atomic mass is 10.2. The van der Waals surface area contributed by atoms with Crippen LogP contribution in [0.1, 0.15) is 26.7 Å². The van der Waals surface area contributed by atoms with Gasteiger partial charge in [0.1, 0.15) is 12.4 Å². The van der Waals surface area contributed by atoms with E-state index in [-0.39, 0.29) is 0 Å². The second-order valence-corrected chi connectivity index (χ2v) is 4.65. The van der Waals surface area contributed by atoms with E-state index >= 15 is 0 Å². The van der Waals surface area contributed by atoms with E-state index in [0.717, 1.165) is 24.3 Å². The molecule has 0 aromatic heterocycles. The largest absolute Gasteiger partial charge is 0.489 e. The highest BCUT2D eigenvalue weighted by atomic mass is 32.1. The normalized spacial score (nSPS) is 10.1. The van der Waals surface area contributed by atoms with E-state index in [4.69, 9.17) is 17.0 Å². The van der Waals surface area contributed by atoms with Crippen molar-refractivity contribution >= 4 is 23.0 Å². The van der Waals surface area contributed by atoms with Crippen molar-refractivity contribution in [3.05, 3.63) is 36.9 Å². The molecule has 0 aliphatic carbocycles. The highest BCUT2D eigenvalue weighted by Gasteiger charge is 2.05. The molecule has 0 spiro atoms. The molecule has 0 radical (unpaired) electrons. The van der Waals surface area contributed by atoms with Crippen LogP contribution in [0.2, 0.25) is 0 Å². The first-order chi connectivity index (χ1) is 9.19. The predicted octanol–water partition coefficient (Wildman–Crippen LogP) is 3.73. The molecule has 0 unspecified atom stereocenters. The van der Waals surface area contributed by atoms with Crippen LogP contribution in [0.25, 0.3) is 0 Å². The molecule has 0 heterocycles. The summed E-state index contributed by atoms with van der Waals surface area (Å²) in [4.78, 5) is 0. The Hall–Kier alpha value is -1.55. The minimum absolute atomic E-state index is 0.417. The summed E-state index contributed by atoms with van der Waals surface area (Å²) in [5.74, 6) is 0.801. The van der Waals surface area contributed by atoms with Crippen LogP contribution in [-0.2, 0) is 0 Å². The zero-order valence-corrected chi connectivity index (χ0v) is 12.4. The fraction of sp³-hybridized carbons (Fsp3) is 0.400. The van der Waals surface area contributed by atoms with Crippen molar-refractivity contribution in [3.8, 4) is 5.75 Å². The average molecular weight is 278 g/mol. The van der Waals surface area contributed by atoms with Gasteiger partial charge < -0.3 is 15.4 Å². The van der Waals surface area contributed by atoms with Crippen molar-refractivity contribution in [2.75, 3.05) is 11.9 Å². The minimum atomic E-state index is 0.417. The summed E-state index contributed by atoms with van der Waals surface area (Å²) in [5.41, 5.74) is 0.921. The van der Waals surface area contributed by atoms with Crippen LogP contribution in [0.15, 0.2) is 36.9 Å². The van der Waals surface area contributed by atoms with E-state index in [1.54, 1.807) is 6.08 Å². The molecule has 0 saturated heterocycles. The Morgan fingerprint density at radius 3 is 2.79 bits per heavy atom. The van der Waals surface area contributed by atoms with Gasteiger partial charge in [0.05, 0.1) is 0 Å². The average Bonchev–Trinajstić information content (AvgIpc) is 2.43. The van der Waals surface area contributed by atoms with Crippen LogP contribution >= 0.6 is 12.2 Å². The van der Waals surface area contributed by atoms with Gasteiger partial charge in [-0.15, -0.1) is 0 Å². The van der Waals surface area contributed by atoms with Crippen LogP contribution < -0.4 is 15.4 Å². The Balaban J connectivity index is 2.56. The molecule has 3 nitrogen and oxygen atoms in total. The van der Waals surface area contributed by atoms with Gasteiger partial charge in [0, 0.05) is 17.8 Å². The molecule has 2 N–H and O–H groups in total. The molecule has 0 bridgehead atoms. The summed E-state index contributed by atoms with van der Waals surface area (Å²) in [7, 11) is 0. The monoisotopic (exact) mass is 278 g/mol. The molecule has 0 saturated carbocycles. The number of anilines is 1. The molecule has 0 atom stereocenters. The maximum absolute atomic E-state index is 5.48. The third-order valence-electron chi connectivity index (χ3n) is 2.78. The fourth-order valence-corrected chi connectivity index (χ4v) is 1.95. The number of thiocarbonyl (C=S) groups is 1. The number of hydrogen-bond acceptors (Lipinski definition) is 2. The second kappa shape index (κ2) is 8.53. The molecule has 1 rings (SSSR count). The summed E-state index contributed by atoms with van der Waals surface area (Å²) >= 11 is 5.30. The second-order valence-electron chi connectivity index (χ2n) is 4.24. The molecule has 0 aliphatic rings. The first-order valence-corrected chi connectivity index (χ1v) is 7.01. The maximum atomic E-state index is 5.48. The summed E-state index contributed by atoms with van der Waals surface area (Å²) in [6, 6.07) is 8.14. The SMILES string of the molecule is C=CCOc1cccc(NC(=S)NC(CC)CC)c1. The fourth-order valence-electron chi connectivity index (χ4n) is 1.66. The van der Waals surface area contributed by atoms with Crippen LogP contribution in [0.5, 0.6) is 5.75 Å². The Bertz CT molecular complexity index is 416. The Labute approximate surface area is 121 Å². The first kappa shape index (κ1) is 15.5. The van der Waals surface area contributed by atoms with E-state index in [2.05, 4.69) is 31.1 Å². The zero-order chi connectivity index (χ0) is 14.1. The smallest absolute Gasteiger partial charge is 0.170 e. The van der Waals surface area contributed by atoms with Gasteiger partial charge in [-0.25, -0.2) is 0 Å². The number of rotatable bonds is 7. The maximum Gasteiger partial charge on any atom is 0.170 e. The lowest BCUT2D eigenvalue weighted by Crippen LogP contribution is -2.36. The van der Waals surface area contributed by atoms with E-state index < -0.39 is 0 Å². The molecule has 0 fully saturated rings. The number of hydrogen-bond donors (Lipinski definition) is 2. The summed E-state index contributed by atoms with van der Waals surface area (Å²) < 4.78 is 5.48. The predicted molar refractivity (Wildman–Crippen MR) is 85.9 cm³/mol. The van der Waals surface area contributed by atoms with Gasteiger partial charge in [-0.3, -0.25) is 0 Å². The summed E-state index contributed by atoms with van der Waals surface area (Å²) in [5, 5.41) is 7.11. The minimum Gasteiger partial charge on any atom is -0.489 e. The Kier molecular flexibility index (Phi) is 6.97. The van der Waals surface area contributed by atoms with Gasteiger partial charge in [-0.2, -0.15) is 0 Å². The van der Waals surface area contributed by atoms with Gasteiger partial charge in [0.2, 0.25) is 0 Å². The van der Waals surface area contributed by atoms with E-state index in [9.17, 15) is 0 Å².